The smallest absolute Gasteiger partial charge is 0.180 e. The fourth-order valence-electron chi connectivity index (χ4n) is 1.47. The molecule has 1 aromatic rings. The molecule has 1 aromatic carbocycles. The minimum absolute atomic E-state index is 0.0923. The van der Waals surface area contributed by atoms with Crippen LogP contribution in [0.4, 0.5) is 0 Å². The van der Waals surface area contributed by atoms with Gasteiger partial charge in [0.15, 0.2) is 5.78 Å². The van der Waals surface area contributed by atoms with Gasteiger partial charge in [-0.15, -0.1) is 0 Å². The largest absolute Gasteiger partial charge is 0.493 e. The third-order valence-corrected chi connectivity index (χ3v) is 3.41. The van der Waals surface area contributed by atoms with Gasteiger partial charge in [0.25, 0.3) is 0 Å². The Morgan fingerprint density at radius 2 is 2.12 bits per heavy atom. The molecule has 1 unspecified atom stereocenters. The number of benzene rings is 1. The molecule has 0 aliphatic rings. The molecule has 1 rings (SSSR count). The Bertz CT molecular complexity index is 374. The molecule has 0 aliphatic carbocycles. The van der Waals surface area contributed by atoms with Gasteiger partial charge in [0, 0.05) is 0 Å². The van der Waals surface area contributed by atoms with Crippen LogP contribution in [0, 0.1) is 6.92 Å². The first-order valence-electron chi connectivity index (χ1n) is 5.51. The predicted octanol–water partition coefficient (Wildman–Crippen LogP) is 3.75. The highest BCUT2D eigenvalue weighted by atomic mass is 79.9. The summed E-state index contributed by atoms with van der Waals surface area (Å²) in [6, 6.07) is 5.70. The van der Waals surface area contributed by atoms with E-state index in [0.29, 0.717) is 17.9 Å². The Kier molecular flexibility index (Phi) is 5.00. The fraction of sp³-hybridized carbons (Fsp3) is 0.462. The van der Waals surface area contributed by atoms with Crippen LogP contribution in [0.15, 0.2) is 18.2 Å². The van der Waals surface area contributed by atoms with Gasteiger partial charge in [0.05, 0.1) is 17.0 Å². The molecule has 1 atom stereocenters. The van der Waals surface area contributed by atoms with E-state index in [1.165, 1.54) is 0 Å². The van der Waals surface area contributed by atoms with Crippen LogP contribution in [-0.4, -0.2) is 17.2 Å². The summed E-state index contributed by atoms with van der Waals surface area (Å²) in [6.45, 7) is 6.44. The third-order valence-electron chi connectivity index (χ3n) is 2.34. The number of carbonyl (C=O) groups is 1. The lowest BCUT2D eigenvalue weighted by Crippen LogP contribution is -2.14. The summed E-state index contributed by atoms with van der Waals surface area (Å²) in [5.74, 6) is 0.769. The summed E-state index contributed by atoms with van der Waals surface area (Å²) >= 11 is 3.38. The first-order valence-corrected chi connectivity index (χ1v) is 6.43. The van der Waals surface area contributed by atoms with Crippen LogP contribution in [0.3, 0.4) is 0 Å². The predicted molar refractivity (Wildman–Crippen MR) is 69.7 cm³/mol. The van der Waals surface area contributed by atoms with E-state index in [9.17, 15) is 4.79 Å². The highest BCUT2D eigenvalue weighted by Crippen LogP contribution is 2.24. The molecule has 0 spiro atoms. The van der Waals surface area contributed by atoms with Crippen LogP contribution < -0.4 is 4.74 Å². The number of hydrogen-bond acceptors (Lipinski definition) is 2. The zero-order valence-corrected chi connectivity index (χ0v) is 11.5. The van der Waals surface area contributed by atoms with E-state index in [4.69, 9.17) is 4.74 Å². The molecule has 3 heteroatoms. The van der Waals surface area contributed by atoms with Gasteiger partial charge in [-0.3, -0.25) is 4.79 Å². The Labute approximate surface area is 105 Å². The van der Waals surface area contributed by atoms with E-state index in [-0.39, 0.29) is 10.6 Å². The quantitative estimate of drug-likeness (QED) is 0.608. The Morgan fingerprint density at radius 3 is 2.69 bits per heavy atom. The van der Waals surface area contributed by atoms with Gasteiger partial charge in [0.2, 0.25) is 0 Å². The van der Waals surface area contributed by atoms with Crippen molar-refractivity contribution in [3.8, 4) is 5.75 Å². The zero-order valence-electron chi connectivity index (χ0n) is 9.92. The van der Waals surface area contributed by atoms with Crippen molar-refractivity contribution in [3.05, 3.63) is 29.3 Å². The number of alkyl halides is 1. The first-order chi connectivity index (χ1) is 7.60. The molecule has 0 heterocycles. The lowest BCUT2D eigenvalue weighted by atomic mass is 10.0. The number of rotatable bonds is 5. The van der Waals surface area contributed by atoms with E-state index in [1.54, 1.807) is 0 Å². The highest BCUT2D eigenvalue weighted by Gasteiger charge is 2.19. The molecule has 0 aliphatic heterocycles. The third kappa shape index (κ3) is 3.08. The first kappa shape index (κ1) is 13.2. The average molecular weight is 285 g/mol. The summed E-state index contributed by atoms with van der Waals surface area (Å²) in [5, 5.41) is 0. The van der Waals surface area contributed by atoms with Crippen molar-refractivity contribution in [2.45, 2.75) is 32.0 Å². The highest BCUT2D eigenvalue weighted by molar-refractivity contribution is 9.10. The van der Waals surface area contributed by atoms with E-state index in [1.807, 2.05) is 39.0 Å². The fourth-order valence-corrected chi connectivity index (χ4v) is 1.72. The van der Waals surface area contributed by atoms with Gasteiger partial charge < -0.3 is 4.74 Å². The monoisotopic (exact) mass is 284 g/mol. The molecule has 0 aromatic heterocycles. The number of aryl methyl sites for hydroxylation is 1. The van der Waals surface area contributed by atoms with Crippen LogP contribution in [0.1, 0.15) is 36.2 Å². The molecule has 0 N–H and O–H groups in total. The van der Waals surface area contributed by atoms with Crippen molar-refractivity contribution >= 4 is 21.7 Å². The van der Waals surface area contributed by atoms with Crippen LogP contribution in [0.2, 0.25) is 0 Å². The van der Waals surface area contributed by atoms with Gasteiger partial charge in [-0.25, -0.2) is 0 Å². The van der Waals surface area contributed by atoms with Crippen molar-refractivity contribution in [3.63, 3.8) is 0 Å². The summed E-state index contributed by atoms with van der Waals surface area (Å²) in [5.41, 5.74) is 1.74. The van der Waals surface area contributed by atoms with Crippen molar-refractivity contribution < 1.29 is 9.53 Å². The molecule has 0 bridgehead atoms. The normalized spacial score (nSPS) is 12.2. The second-order valence-electron chi connectivity index (χ2n) is 3.67. The van der Waals surface area contributed by atoms with Crippen molar-refractivity contribution in [1.82, 2.24) is 0 Å². The second kappa shape index (κ2) is 6.04. The molecule has 88 valence electrons. The molecule has 0 saturated heterocycles. The van der Waals surface area contributed by atoms with Gasteiger partial charge in [0.1, 0.15) is 5.75 Å². The van der Waals surface area contributed by atoms with Gasteiger partial charge in [-0.2, -0.15) is 0 Å². The van der Waals surface area contributed by atoms with Crippen LogP contribution in [0.5, 0.6) is 5.75 Å². The van der Waals surface area contributed by atoms with Crippen LogP contribution in [0.25, 0.3) is 0 Å². The van der Waals surface area contributed by atoms with Gasteiger partial charge >= 0.3 is 0 Å². The van der Waals surface area contributed by atoms with Gasteiger partial charge in [-0.1, -0.05) is 34.5 Å². The summed E-state index contributed by atoms with van der Waals surface area (Å²) in [6.07, 6.45) is 0.776. The zero-order chi connectivity index (χ0) is 12.1. The maximum Gasteiger partial charge on any atom is 0.180 e. The maximum absolute atomic E-state index is 12.1. The molecule has 0 saturated carbocycles. The number of carbonyl (C=O) groups excluding carboxylic acids is 1. The average Bonchev–Trinajstić information content (AvgIpc) is 2.29. The SMILES string of the molecule is CCOc1ccc(C)cc1C(=O)C(Br)CC. The van der Waals surface area contributed by atoms with Crippen molar-refractivity contribution in [2.24, 2.45) is 0 Å². The Hall–Kier alpha value is -0.830. The maximum atomic E-state index is 12.1. The van der Waals surface area contributed by atoms with Crippen LogP contribution >= 0.6 is 15.9 Å². The molecular formula is C13H17BrO2. The molecule has 0 amide bonds. The van der Waals surface area contributed by atoms with Crippen molar-refractivity contribution in [1.29, 1.82) is 0 Å². The molecule has 16 heavy (non-hydrogen) atoms. The number of ketones is 1. The van der Waals surface area contributed by atoms with E-state index >= 15 is 0 Å². The summed E-state index contributed by atoms with van der Waals surface area (Å²) in [4.78, 5) is 12.0. The molecule has 0 fully saturated rings. The molecule has 0 radical (unpaired) electrons. The lowest BCUT2D eigenvalue weighted by Gasteiger charge is -2.12. The lowest BCUT2D eigenvalue weighted by molar-refractivity contribution is 0.0986. The number of ether oxygens (including phenoxy) is 1. The summed E-state index contributed by atoms with van der Waals surface area (Å²) < 4.78 is 5.47. The van der Waals surface area contributed by atoms with E-state index in [0.717, 1.165) is 12.0 Å². The van der Waals surface area contributed by atoms with Gasteiger partial charge in [-0.05, 0) is 32.4 Å². The number of halogens is 1. The summed E-state index contributed by atoms with van der Waals surface area (Å²) in [7, 11) is 0. The minimum atomic E-state index is -0.131. The van der Waals surface area contributed by atoms with E-state index < -0.39 is 0 Å². The number of hydrogen-bond donors (Lipinski definition) is 0. The second-order valence-corrected chi connectivity index (χ2v) is 4.78. The van der Waals surface area contributed by atoms with E-state index in [2.05, 4.69) is 15.9 Å². The minimum Gasteiger partial charge on any atom is -0.493 e. The van der Waals surface area contributed by atoms with Crippen molar-refractivity contribution in [2.75, 3.05) is 6.61 Å². The molecule has 2 nitrogen and oxygen atoms in total. The van der Waals surface area contributed by atoms with Crippen LogP contribution in [-0.2, 0) is 0 Å². The topological polar surface area (TPSA) is 26.3 Å². The Morgan fingerprint density at radius 1 is 1.44 bits per heavy atom. The Balaban J connectivity index is 3.08. The number of Topliss-reactive ketones (excluding diaryl/α,β-unsaturated/α-hetero) is 1. The molecular weight excluding hydrogens is 268 g/mol. The standard InChI is InChI=1S/C13H17BrO2/c1-4-11(14)13(15)10-8-9(3)6-7-12(10)16-5-2/h6-8,11H,4-5H2,1-3H3.